The molecule has 0 spiro atoms. The number of aromatic hydroxyl groups is 6. The lowest BCUT2D eigenvalue weighted by molar-refractivity contribution is -0.137. The summed E-state index contributed by atoms with van der Waals surface area (Å²) in [7, 11) is 0. The molecule has 7 amide bonds. The van der Waals surface area contributed by atoms with Gasteiger partial charge in [-0.15, -0.1) is 0 Å². The average Bonchev–Trinajstić information content (AvgIpc) is 0.773. The number of carbonyl (C=O) groups excluding carboxylic acids is 7. The number of benzene rings is 7. The molecule has 28 nitrogen and oxygen atoms in total. The van der Waals surface area contributed by atoms with Crippen molar-refractivity contribution < 1.29 is 83.5 Å². The SMILES string of the molecule is NCCN(CCN)CCNC(=O)[C@H]1NC(=O)[C@H]2NC(=O)[C@H](NC(=O)[C@@H]3NC(=O)[C@H]4NC(=O)[C@@H](Cc5ccc(c(Cl)c5)Oc5cc3cc(c5O)Oc3ccc(cc3Cl)[C@H]2O)NC(=O)[C@H](N)c2ccc(O)c(c2)Oc2cc(O)cc4c2)c2ccc(O)c(c2)-c2c(O)cc(O)cc21. The highest BCUT2D eigenvalue weighted by atomic mass is 35.5. The van der Waals surface area contributed by atoms with Crippen molar-refractivity contribution in [2.24, 2.45) is 17.2 Å². The minimum absolute atomic E-state index is 0.0688. The molecule has 0 radical (unpaired) electrons. The van der Waals surface area contributed by atoms with E-state index in [1.165, 1.54) is 60.7 Å². The lowest BCUT2D eigenvalue weighted by Crippen LogP contribution is -2.56. The first kappa shape index (κ1) is 64.9. The van der Waals surface area contributed by atoms with Crippen LogP contribution in [0.15, 0.2) is 115 Å². The molecule has 488 valence electrons. The van der Waals surface area contributed by atoms with E-state index in [2.05, 4.69) is 37.2 Å². The summed E-state index contributed by atoms with van der Waals surface area (Å²) >= 11 is 13.8. The number of amides is 7. The summed E-state index contributed by atoms with van der Waals surface area (Å²) in [5, 5.41) is 99.3. The maximum atomic E-state index is 15.9. The second-order valence-electron chi connectivity index (χ2n) is 22.5. The number of phenolic OH excluding ortho intramolecular Hbond substituents is 6. The highest BCUT2D eigenvalue weighted by molar-refractivity contribution is 6.32. The largest absolute Gasteiger partial charge is 0.508 e. The van der Waals surface area contributed by atoms with Crippen LogP contribution in [-0.2, 0) is 40.0 Å². The van der Waals surface area contributed by atoms with Crippen LogP contribution in [0.1, 0.15) is 75.3 Å². The third-order valence-electron chi connectivity index (χ3n) is 16.1. The van der Waals surface area contributed by atoms with E-state index in [1.54, 1.807) is 0 Å². The van der Waals surface area contributed by atoms with Gasteiger partial charge in [0.2, 0.25) is 47.1 Å². The topological polar surface area (TPSA) is 454 Å². The van der Waals surface area contributed by atoms with Crippen LogP contribution in [0.2, 0.25) is 10.0 Å². The number of rotatable bonds is 8. The summed E-state index contributed by atoms with van der Waals surface area (Å²) in [5.41, 5.74) is 16.5. The number of nitrogens with one attached hydrogen (secondary N) is 7. The van der Waals surface area contributed by atoms with Crippen LogP contribution in [-0.4, -0.2) is 133 Å². The molecule has 20 N–H and O–H groups in total. The van der Waals surface area contributed by atoms with Gasteiger partial charge in [-0.2, -0.15) is 0 Å². The molecule has 8 atom stereocenters. The zero-order valence-corrected chi connectivity index (χ0v) is 50.7. The number of hydrogen-bond acceptors (Lipinski definition) is 21. The molecule has 0 fully saturated rings. The number of nitrogens with zero attached hydrogens (tertiary/aromatic N) is 1. The van der Waals surface area contributed by atoms with Gasteiger partial charge in [-0.25, -0.2) is 0 Å². The minimum atomic E-state index is -2.17. The van der Waals surface area contributed by atoms with E-state index in [0.29, 0.717) is 18.7 Å². The van der Waals surface area contributed by atoms with Gasteiger partial charge < -0.3 is 104 Å². The van der Waals surface area contributed by atoms with Gasteiger partial charge >= 0.3 is 0 Å². The van der Waals surface area contributed by atoms with Gasteiger partial charge in [-0.05, 0) is 118 Å². The van der Waals surface area contributed by atoms with Gasteiger partial charge in [0.1, 0.15) is 88.6 Å². The maximum Gasteiger partial charge on any atom is 0.248 e. The summed E-state index contributed by atoms with van der Waals surface area (Å²) in [6.45, 7) is 1.45. The molecule has 6 aliphatic rings. The molecule has 0 saturated carbocycles. The van der Waals surface area contributed by atoms with Crippen molar-refractivity contribution >= 4 is 64.6 Å². The molecule has 94 heavy (non-hydrogen) atoms. The van der Waals surface area contributed by atoms with Crippen molar-refractivity contribution in [1.29, 1.82) is 0 Å². The Kier molecular flexibility index (Phi) is 18.6. The molecule has 0 saturated heterocycles. The highest BCUT2D eigenvalue weighted by Gasteiger charge is 2.41. The number of fused-ring (bicyclic) bond motifs is 14. The van der Waals surface area contributed by atoms with E-state index >= 15 is 19.2 Å². The zero-order valence-electron chi connectivity index (χ0n) is 49.2. The van der Waals surface area contributed by atoms with Crippen molar-refractivity contribution in [3.05, 3.63) is 164 Å². The molecule has 13 rings (SSSR count). The molecule has 30 heteroatoms. The predicted octanol–water partition coefficient (Wildman–Crippen LogP) is 3.24. The number of aliphatic hydroxyl groups excluding tert-OH is 1. The van der Waals surface area contributed by atoms with Crippen molar-refractivity contribution in [3.8, 4) is 80.1 Å². The number of ether oxygens (including phenoxy) is 3. The molecule has 6 aliphatic heterocycles. The summed E-state index contributed by atoms with van der Waals surface area (Å²) in [6.07, 6.45) is -2.45. The van der Waals surface area contributed by atoms with E-state index < -0.39 is 136 Å². The Bertz CT molecular complexity index is 4230. The molecule has 0 aliphatic carbocycles. The number of carbonyl (C=O) groups is 7. The third-order valence-corrected chi connectivity index (χ3v) is 16.7. The first-order valence-corrected chi connectivity index (χ1v) is 29.9. The zero-order chi connectivity index (χ0) is 67.0. The average molecular weight is 1330 g/mol. The fourth-order valence-electron chi connectivity index (χ4n) is 11.4. The molecular weight excluding hydrogens is 1270 g/mol. The predicted molar refractivity (Wildman–Crippen MR) is 335 cm³/mol. The minimum Gasteiger partial charge on any atom is -0.508 e. The van der Waals surface area contributed by atoms with Crippen molar-refractivity contribution in [3.63, 3.8) is 0 Å². The number of phenols is 6. The van der Waals surface area contributed by atoms with Gasteiger partial charge in [0.15, 0.2) is 23.0 Å². The van der Waals surface area contributed by atoms with Gasteiger partial charge in [-0.1, -0.05) is 47.5 Å². The van der Waals surface area contributed by atoms with E-state index in [9.17, 15) is 50.1 Å². The van der Waals surface area contributed by atoms with Gasteiger partial charge in [0, 0.05) is 68.9 Å². The van der Waals surface area contributed by atoms with E-state index in [0.717, 1.165) is 54.6 Å². The molecule has 6 heterocycles. The number of nitrogens with two attached hydrogens (primary N) is 3. The van der Waals surface area contributed by atoms with Crippen molar-refractivity contribution in [1.82, 2.24) is 42.1 Å². The Morgan fingerprint density at radius 3 is 1.79 bits per heavy atom. The van der Waals surface area contributed by atoms with Gasteiger partial charge in [0.25, 0.3) is 0 Å². The summed E-state index contributed by atoms with van der Waals surface area (Å²) < 4.78 is 18.6. The van der Waals surface area contributed by atoms with Gasteiger partial charge in [0.05, 0.1) is 10.0 Å². The smallest absolute Gasteiger partial charge is 0.248 e. The third kappa shape index (κ3) is 13.5. The van der Waals surface area contributed by atoms with Crippen LogP contribution in [0.4, 0.5) is 0 Å². The Labute approximate surface area is 543 Å². The van der Waals surface area contributed by atoms with Crippen LogP contribution in [0.3, 0.4) is 0 Å². The summed E-state index contributed by atoms with van der Waals surface area (Å²) in [5.74, 6) is -13.6. The van der Waals surface area contributed by atoms with E-state index in [1.807, 2.05) is 4.90 Å². The fourth-order valence-corrected chi connectivity index (χ4v) is 11.8. The van der Waals surface area contributed by atoms with Gasteiger partial charge in [-0.3, -0.25) is 38.5 Å². The number of halogens is 2. The fraction of sp³-hybridized carbons (Fsp3) is 0.234. The Morgan fingerprint density at radius 2 is 1.12 bits per heavy atom. The second kappa shape index (κ2) is 26.9. The molecule has 0 aromatic heterocycles. The van der Waals surface area contributed by atoms with Crippen LogP contribution in [0.5, 0.6) is 69.0 Å². The molecular formula is C64H61Cl2N11O17. The summed E-state index contributed by atoms with van der Waals surface area (Å²) in [6, 6.07) is 9.12. The quantitative estimate of drug-likeness (QED) is 0.104. The Balaban J connectivity index is 1.11. The van der Waals surface area contributed by atoms with Crippen LogP contribution < -0.4 is 68.6 Å². The number of aliphatic hydroxyl groups is 1. The highest BCUT2D eigenvalue weighted by Crippen LogP contribution is 2.48. The Morgan fingerprint density at radius 1 is 0.532 bits per heavy atom. The van der Waals surface area contributed by atoms with Crippen LogP contribution in [0.25, 0.3) is 11.1 Å². The monoisotopic (exact) mass is 1330 g/mol. The first-order valence-electron chi connectivity index (χ1n) is 29.2. The lowest BCUT2D eigenvalue weighted by atomic mass is 9.89. The second-order valence-corrected chi connectivity index (χ2v) is 23.3. The van der Waals surface area contributed by atoms with E-state index in [-0.39, 0.29) is 110 Å². The van der Waals surface area contributed by atoms with Crippen LogP contribution in [0, 0.1) is 0 Å². The van der Waals surface area contributed by atoms with Crippen LogP contribution >= 0.6 is 23.2 Å². The molecule has 7 aromatic carbocycles. The maximum absolute atomic E-state index is 15.9. The van der Waals surface area contributed by atoms with Crippen molar-refractivity contribution in [2.75, 3.05) is 39.3 Å². The Hall–Kier alpha value is -10.6. The number of hydrogen-bond donors (Lipinski definition) is 17. The standard InChI is InChI=1S/C64H61Cl2N11O17/c65-38-15-27-1-7-44(38)93-47-22-32-23-48(57(47)84)94-45-8-4-30(20-39(45)66)56(83)55-64(91)75-54(60(87)70-11-14-77(12-9-67)13-10-68)37-25-34(79)26-43(82)49(37)36-19-29(3-5-41(36)80)51(61(88)76-55)73-63(90)53(32)74-62(89)52-31-17-33(78)24-35(18-31)92-46-21-28(2-6-42(46)81)50(69)59(86)71-40(16-27)58(85)72-52/h1-8,15,17-26,40,50-56,78-84H,9-14,16,67-69H2,(H,70,87)(H,71,86)(H,72,85)(H,73,90)(H,74,89)(H,75,91)(H,76,88)/t40-,50-,51-,52+,53-,54+,55+,56-/m1/s1. The lowest BCUT2D eigenvalue weighted by Gasteiger charge is -2.31. The molecule has 0 unspecified atom stereocenters. The molecule has 7 aromatic rings. The first-order chi connectivity index (χ1) is 44.9. The normalized spacial score (nSPS) is 21.1. The summed E-state index contributed by atoms with van der Waals surface area (Å²) in [4.78, 5) is 108. The molecule has 17 bridgehead atoms. The van der Waals surface area contributed by atoms with Crippen molar-refractivity contribution in [2.45, 2.75) is 54.8 Å². The van der Waals surface area contributed by atoms with E-state index in [4.69, 9.17) is 54.6 Å².